The number of halogens is 1. The second-order valence-corrected chi connectivity index (χ2v) is 11.5. The maximum Gasteiger partial charge on any atom is 0.264 e. The Balaban J connectivity index is 2.04. The summed E-state index contributed by atoms with van der Waals surface area (Å²) in [4.78, 5) is 28.1. The minimum absolute atomic E-state index is 0.0380. The van der Waals surface area contributed by atoms with E-state index >= 15 is 0 Å². The minimum Gasteiger partial charge on any atom is -0.497 e. The number of methoxy groups -OCH3 is 1. The third-order valence-electron chi connectivity index (χ3n) is 6.36. The van der Waals surface area contributed by atoms with Crippen molar-refractivity contribution in [3.05, 3.63) is 88.4 Å². The Bertz CT molecular complexity index is 1410. The van der Waals surface area contributed by atoms with Crippen molar-refractivity contribution in [1.82, 2.24) is 10.2 Å². The number of anilines is 1. The molecule has 3 aromatic carbocycles. The van der Waals surface area contributed by atoms with Crippen LogP contribution in [0.1, 0.15) is 30.5 Å². The second kappa shape index (κ2) is 13.0. The Morgan fingerprint density at radius 2 is 1.64 bits per heavy atom. The molecule has 0 heterocycles. The molecule has 8 nitrogen and oxygen atoms in total. The molecule has 0 aliphatic heterocycles. The van der Waals surface area contributed by atoms with Gasteiger partial charge in [0.15, 0.2) is 0 Å². The van der Waals surface area contributed by atoms with Gasteiger partial charge in [0.2, 0.25) is 11.8 Å². The van der Waals surface area contributed by atoms with Gasteiger partial charge >= 0.3 is 0 Å². The van der Waals surface area contributed by atoms with Gasteiger partial charge in [-0.1, -0.05) is 47.5 Å². The van der Waals surface area contributed by atoms with Crippen molar-refractivity contribution in [2.45, 2.75) is 45.2 Å². The average Bonchev–Trinajstić information content (AvgIpc) is 2.92. The highest BCUT2D eigenvalue weighted by Gasteiger charge is 2.32. The van der Waals surface area contributed by atoms with Crippen molar-refractivity contribution >= 4 is 39.1 Å². The van der Waals surface area contributed by atoms with Crippen molar-refractivity contribution < 1.29 is 22.7 Å². The predicted molar refractivity (Wildman–Crippen MR) is 154 cm³/mol. The Kier molecular flexibility index (Phi) is 9.99. The summed E-state index contributed by atoms with van der Waals surface area (Å²) in [6.45, 7) is 7.02. The number of amides is 2. The van der Waals surface area contributed by atoms with Crippen LogP contribution in [-0.4, -0.2) is 51.4 Å². The van der Waals surface area contributed by atoms with Crippen LogP contribution in [0, 0.1) is 13.8 Å². The van der Waals surface area contributed by atoms with Gasteiger partial charge in [-0.2, -0.15) is 0 Å². The quantitative estimate of drug-likeness (QED) is 0.359. The SMILES string of the molecule is CCNC(=O)[C@@H](C)N(Cc1ccc(OC)cc1)C(=O)CN(c1ccc(C)c(Cl)c1)S(=O)(=O)c1ccc(C)cc1. The van der Waals surface area contributed by atoms with Crippen LogP contribution in [0.15, 0.2) is 71.6 Å². The molecule has 208 valence electrons. The topological polar surface area (TPSA) is 96.0 Å². The zero-order chi connectivity index (χ0) is 28.7. The summed E-state index contributed by atoms with van der Waals surface area (Å²) in [5, 5.41) is 3.11. The van der Waals surface area contributed by atoms with Crippen LogP contribution in [0.4, 0.5) is 5.69 Å². The van der Waals surface area contributed by atoms with Crippen LogP contribution in [-0.2, 0) is 26.2 Å². The van der Waals surface area contributed by atoms with Gasteiger partial charge in [0, 0.05) is 18.1 Å². The van der Waals surface area contributed by atoms with E-state index in [1.807, 2.05) is 6.92 Å². The monoisotopic (exact) mass is 571 g/mol. The van der Waals surface area contributed by atoms with E-state index in [2.05, 4.69) is 5.32 Å². The largest absolute Gasteiger partial charge is 0.497 e. The van der Waals surface area contributed by atoms with E-state index in [1.54, 1.807) is 76.4 Å². The third-order valence-corrected chi connectivity index (χ3v) is 8.56. The number of carbonyl (C=O) groups is 2. The van der Waals surface area contributed by atoms with E-state index in [9.17, 15) is 18.0 Å². The van der Waals surface area contributed by atoms with Gasteiger partial charge in [-0.3, -0.25) is 13.9 Å². The van der Waals surface area contributed by atoms with Gasteiger partial charge in [-0.25, -0.2) is 8.42 Å². The highest BCUT2D eigenvalue weighted by molar-refractivity contribution is 7.92. The van der Waals surface area contributed by atoms with Crippen LogP contribution in [0.3, 0.4) is 0 Å². The van der Waals surface area contributed by atoms with Crippen LogP contribution < -0.4 is 14.4 Å². The Morgan fingerprint density at radius 1 is 1.00 bits per heavy atom. The molecule has 1 atom stereocenters. The Labute approximate surface area is 235 Å². The molecule has 2 amide bonds. The molecule has 0 spiro atoms. The fraction of sp³-hybridized carbons (Fsp3) is 0.310. The minimum atomic E-state index is -4.16. The zero-order valence-electron chi connectivity index (χ0n) is 22.8. The Hall–Kier alpha value is -3.56. The molecule has 0 saturated heterocycles. The summed E-state index contributed by atoms with van der Waals surface area (Å²) in [5.41, 5.74) is 2.67. The first-order chi connectivity index (χ1) is 18.5. The number of aryl methyl sites for hydroxylation is 2. The van der Waals surface area contributed by atoms with Gasteiger partial charge in [0.05, 0.1) is 17.7 Å². The normalized spacial score (nSPS) is 11.9. The molecule has 0 aromatic heterocycles. The molecule has 0 aliphatic rings. The summed E-state index contributed by atoms with van der Waals surface area (Å²) in [6, 6.07) is 17.5. The van der Waals surface area contributed by atoms with Gasteiger partial charge in [-0.15, -0.1) is 0 Å². The van der Waals surface area contributed by atoms with E-state index in [1.165, 1.54) is 23.1 Å². The molecule has 39 heavy (non-hydrogen) atoms. The van der Waals surface area contributed by atoms with Crippen LogP contribution >= 0.6 is 11.6 Å². The average molecular weight is 572 g/mol. The molecule has 0 saturated carbocycles. The number of nitrogens with zero attached hydrogens (tertiary/aromatic N) is 2. The summed E-state index contributed by atoms with van der Waals surface area (Å²) >= 11 is 6.35. The van der Waals surface area contributed by atoms with E-state index in [4.69, 9.17) is 16.3 Å². The first-order valence-corrected chi connectivity index (χ1v) is 14.4. The second-order valence-electron chi connectivity index (χ2n) is 9.20. The van der Waals surface area contributed by atoms with Crippen LogP contribution in [0.2, 0.25) is 5.02 Å². The maximum atomic E-state index is 13.9. The fourth-order valence-electron chi connectivity index (χ4n) is 3.94. The summed E-state index contributed by atoms with van der Waals surface area (Å²) in [6.07, 6.45) is 0. The van der Waals surface area contributed by atoms with Gasteiger partial charge < -0.3 is 15.0 Å². The smallest absolute Gasteiger partial charge is 0.264 e. The number of ether oxygens (including phenoxy) is 1. The summed E-state index contributed by atoms with van der Waals surface area (Å²) in [7, 11) is -2.60. The van der Waals surface area contributed by atoms with Crippen LogP contribution in [0.25, 0.3) is 0 Å². The standard InChI is InChI=1S/C29H34ClN3O5S/c1-6-31-29(35)22(4)32(18-23-10-13-25(38-5)14-11-23)28(34)19-33(24-12-9-21(3)27(30)17-24)39(36,37)26-15-7-20(2)8-16-26/h7-17,22H,6,18-19H2,1-5H3,(H,31,35)/t22-/m1/s1. The predicted octanol–water partition coefficient (Wildman–Crippen LogP) is 4.71. The number of hydrogen-bond acceptors (Lipinski definition) is 5. The lowest BCUT2D eigenvalue weighted by atomic mass is 10.1. The summed E-state index contributed by atoms with van der Waals surface area (Å²) in [5.74, 6) is -0.234. The molecule has 1 N–H and O–H groups in total. The molecule has 3 rings (SSSR count). The molecule has 0 fully saturated rings. The molecule has 0 bridgehead atoms. The molecule has 0 unspecified atom stereocenters. The van der Waals surface area contributed by atoms with Gasteiger partial charge in [0.1, 0.15) is 18.3 Å². The number of sulfonamides is 1. The molecule has 10 heteroatoms. The van der Waals surface area contributed by atoms with Crippen molar-refractivity contribution in [1.29, 1.82) is 0 Å². The summed E-state index contributed by atoms with van der Waals surface area (Å²) < 4.78 is 34.0. The lowest BCUT2D eigenvalue weighted by molar-refractivity contribution is -0.139. The van der Waals surface area contributed by atoms with E-state index in [0.29, 0.717) is 17.3 Å². The number of benzene rings is 3. The van der Waals surface area contributed by atoms with Crippen molar-refractivity contribution in [2.75, 3.05) is 24.5 Å². The fourth-order valence-corrected chi connectivity index (χ4v) is 5.52. The van der Waals surface area contributed by atoms with Crippen molar-refractivity contribution in [3.63, 3.8) is 0 Å². The number of hydrogen-bond donors (Lipinski definition) is 1. The number of likely N-dealkylation sites (N-methyl/N-ethyl adjacent to an activating group) is 1. The van der Waals surface area contributed by atoms with Crippen molar-refractivity contribution in [2.24, 2.45) is 0 Å². The van der Waals surface area contributed by atoms with E-state index in [-0.39, 0.29) is 23.0 Å². The molecule has 0 radical (unpaired) electrons. The number of carbonyl (C=O) groups excluding carboxylic acids is 2. The lowest BCUT2D eigenvalue weighted by Crippen LogP contribution is -2.51. The number of rotatable bonds is 11. The molecule has 0 aliphatic carbocycles. The van der Waals surface area contributed by atoms with Crippen LogP contribution in [0.5, 0.6) is 5.75 Å². The Morgan fingerprint density at radius 3 is 2.21 bits per heavy atom. The lowest BCUT2D eigenvalue weighted by Gasteiger charge is -2.32. The van der Waals surface area contributed by atoms with E-state index < -0.39 is 28.5 Å². The van der Waals surface area contributed by atoms with E-state index in [0.717, 1.165) is 21.0 Å². The first kappa shape index (κ1) is 30.0. The maximum absolute atomic E-state index is 13.9. The third kappa shape index (κ3) is 7.30. The highest BCUT2D eigenvalue weighted by atomic mass is 35.5. The van der Waals surface area contributed by atoms with Gasteiger partial charge in [0.25, 0.3) is 10.0 Å². The first-order valence-electron chi connectivity index (χ1n) is 12.5. The highest BCUT2D eigenvalue weighted by Crippen LogP contribution is 2.29. The van der Waals surface area contributed by atoms with Crippen molar-refractivity contribution in [3.8, 4) is 5.75 Å². The molecular formula is C29H34ClN3O5S. The molecular weight excluding hydrogens is 538 g/mol. The number of nitrogens with one attached hydrogen (secondary N) is 1. The van der Waals surface area contributed by atoms with Gasteiger partial charge in [-0.05, 0) is 75.2 Å². The zero-order valence-corrected chi connectivity index (χ0v) is 24.3. The molecule has 3 aromatic rings.